The quantitative estimate of drug-likeness (QED) is 0.833. The molecule has 1 atom stereocenters. The summed E-state index contributed by atoms with van der Waals surface area (Å²) in [6.45, 7) is 6.21. The van der Waals surface area contributed by atoms with Crippen molar-refractivity contribution < 1.29 is 9.53 Å². The molecule has 6 nitrogen and oxygen atoms in total. The normalized spacial score (nSPS) is 21.6. The number of amides is 1. The number of rotatable bonds is 5. The van der Waals surface area contributed by atoms with Crippen molar-refractivity contribution in [2.75, 3.05) is 32.8 Å². The van der Waals surface area contributed by atoms with Crippen molar-refractivity contribution in [3.8, 4) is 0 Å². The van der Waals surface area contributed by atoms with E-state index in [4.69, 9.17) is 4.74 Å². The molecule has 110 valence electrons. The van der Waals surface area contributed by atoms with Crippen molar-refractivity contribution in [1.82, 2.24) is 20.4 Å². The maximum atomic E-state index is 12.1. The number of H-pyrrole nitrogens is 1. The molecular formula is C14H22N4O2. The molecular weight excluding hydrogens is 256 g/mol. The van der Waals surface area contributed by atoms with Crippen LogP contribution in [0.3, 0.4) is 0 Å². The van der Waals surface area contributed by atoms with E-state index in [2.05, 4.69) is 27.3 Å². The minimum Gasteiger partial charge on any atom is -0.379 e. The third kappa shape index (κ3) is 3.19. The molecule has 6 heteroatoms. The van der Waals surface area contributed by atoms with Crippen LogP contribution in [0.2, 0.25) is 0 Å². The summed E-state index contributed by atoms with van der Waals surface area (Å²) in [6, 6.07) is 2.21. The Kier molecular flexibility index (Phi) is 4.03. The van der Waals surface area contributed by atoms with E-state index in [1.165, 1.54) is 12.8 Å². The number of aromatic amines is 1. The number of nitrogens with zero attached hydrogens (tertiary/aromatic N) is 2. The van der Waals surface area contributed by atoms with Crippen molar-refractivity contribution in [3.05, 3.63) is 17.5 Å². The van der Waals surface area contributed by atoms with E-state index in [0.717, 1.165) is 32.0 Å². The first-order valence-electron chi connectivity index (χ1n) is 7.39. The van der Waals surface area contributed by atoms with Gasteiger partial charge in [0, 0.05) is 37.3 Å². The van der Waals surface area contributed by atoms with Gasteiger partial charge in [-0.3, -0.25) is 14.8 Å². The van der Waals surface area contributed by atoms with Crippen LogP contribution in [-0.4, -0.2) is 59.9 Å². The topological polar surface area (TPSA) is 70.2 Å². The van der Waals surface area contributed by atoms with Gasteiger partial charge in [-0.1, -0.05) is 0 Å². The number of aromatic nitrogens is 2. The first-order valence-corrected chi connectivity index (χ1v) is 7.39. The molecule has 3 rings (SSSR count). The second kappa shape index (κ2) is 5.93. The standard InChI is InChI=1S/C14H22N4O2/c1-10(18-4-6-20-7-5-18)9-15-14(19)13-8-12(16-17-13)11-2-3-11/h8,10-11H,2-7,9H2,1H3,(H,15,19)(H,16,17)/t10-/m0/s1. The van der Waals surface area contributed by atoms with Crippen LogP contribution >= 0.6 is 0 Å². The van der Waals surface area contributed by atoms with E-state index in [1.807, 2.05) is 6.07 Å². The van der Waals surface area contributed by atoms with E-state index in [1.54, 1.807) is 0 Å². The van der Waals surface area contributed by atoms with Crippen LogP contribution in [-0.2, 0) is 4.74 Å². The van der Waals surface area contributed by atoms with Gasteiger partial charge < -0.3 is 10.1 Å². The number of carbonyl (C=O) groups excluding carboxylic acids is 1. The second-order valence-corrected chi connectivity index (χ2v) is 5.69. The fourth-order valence-corrected chi connectivity index (χ4v) is 2.53. The van der Waals surface area contributed by atoms with Crippen molar-refractivity contribution in [2.24, 2.45) is 0 Å². The van der Waals surface area contributed by atoms with Crippen LogP contribution in [0, 0.1) is 0 Å². The zero-order chi connectivity index (χ0) is 13.9. The molecule has 2 heterocycles. The average Bonchev–Trinajstić information content (AvgIpc) is 3.22. The molecule has 0 spiro atoms. The lowest BCUT2D eigenvalue weighted by Crippen LogP contribution is -2.47. The lowest BCUT2D eigenvalue weighted by atomic mass is 10.2. The molecule has 2 N–H and O–H groups in total. The van der Waals surface area contributed by atoms with Gasteiger partial charge >= 0.3 is 0 Å². The number of carbonyl (C=O) groups is 1. The van der Waals surface area contributed by atoms with Crippen LogP contribution in [0.15, 0.2) is 6.07 Å². The van der Waals surface area contributed by atoms with Gasteiger partial charge in [-0.2, -0.15) is 5.10 Å². The summed E-state index contributed by atoms with van der Waals surface area (Å²) in [5.74, 6) is 0.504. The molecule has 20 heavy (non-hydrogen) atoms. The molecule has 1 aliphatic carbocycles. The van der Waals surface area contributed by atoms with Gasteiger partial charge in [0.25, 0.3) is 5.91 Å². The van der Waals surface area contributed by atoms with Crippen molar-refractivity contribution in [3.63, 3.8) is 0 Å². The van der Waals surface area contributed by atoms with Gasteiger partial charge in [-0.15, -0.1) is 0 Å². The van der Waals surface area contributed by atoms with Crippen LogP contribution in [0.25, 0.3) is 0 Å². The Morgan fingerprint density at radius 2 is 2.30 bits per heavy atom. The van der Waals surface area contributed by atoms with E-state index < -0.39 is 0 Å². The number of hydrogen-bond donors (Lipinski definition) is 2. The summed E-state index contributed by atoms with van der Waals surface area (Å²) in [7, 11) is 0. The molecule has 1 aromatic heterocycles. The van der Waals surface area contributed by atoms with Crippen LogP contribution in [0.4, 0.5) is 0 Å². The minimum absolute atomic E-state index is 0.0896. The van der Waals surface area contributed by atoms with Gasteiger partial charge in [0.2, 0.25) is 0 Å². The summed E-state index contributed by atoms with van der Waals surface area (Å²) in [4.78, 5) is 14.4. The molecule has 0 bridgehead atoms. The molecule has 0 radical (unpaired) electrons. The first-order chi connectivity index (χ1) is 9.74. The zero-order valence-electron chi connectivity index (χ0n) is 11.9. The molecule has 1 aliphatic heterocycles. The Bertz CT molecular complexity index is 463. The summed E-state index contributed by atoms with van der Waals surface area (Å²) in [5.41, 5.74) is 1.59. The highest BCUT2D eigenvalue weighted by Crippen LogP contribution is 2.38. The largest absolute Gasteiger partial charge is 0.379 e. The van der Waals surface area contributed by atoms with Crippen LogP contribution < -0.4 is 5.32 Å². The Balaban J connectivity index is 1.47. The summed E-state index contributed by atoms with van der Waals surface area (Å²) in [5, 5.41) is 10.0. The third-order valence-electron chi connectivity index (χ3n) is 4.07. The molecule has 1 saturated heterocycles. The second-order valence-electron chi connectivity index (χ2n) is 5.69. The first kappa shape index (κ1) is 13.6. The molecule has 0 aromatic carbocycles. The number of ether oxygens (including phenoxy) is 1. The number of hydrogen-bond acceptors (Lipinski definition) is 4. The fourth-order valence-electron chi connectivity index (χ4n) is 2.53. The molecule has 1 aromatic rings. The van der Waals surface area contributed by atoms with E-state index in [0.29, 0.717) is 24.2 Å². The molecule has 2 aliphatic rings. The monoisotopic (exact) mass is 278 g/mol. The highest BCUT2D eigenvalue weighted by molar-refractivity contribution is 5.92. The van der Waals surface area contributed by atoms with Gasteiger partial charge in [-0.25, -0.2) is 0 Å². The Hall–Kier alpha value is -1.40. The van der Waals surface area contributed by atoms with Crippen molar-refractivity contribution in [2.45, 2.75) is 31.7 Å². The Morgan fingerprint density at radius 3 is 3.00 bits per heavy atom. The van der Waals surface area contributed by atoms with Crippen LogP contribution in [0.1, 0.15) is 41.9 Å². The predicted molar refractivity (Wildman–Crippen MR) is 74.7 cm³/mol. The third-order valence-corrected chi connectivity index (χ3v) is 4.07. The summed E-state index contributed by atoms with van der Waals surface area (Å²) >= 11 is 0. The van der Waals surface area contributed by atoms with Crippen molar-refractivity contribution >= 4 is 5.91 Å². The smallest absolute Gasteiger partial charge is 0.271 e. The molecule has 1 saturated carbocycles. The van der Waals surface area contributed by atoms with E-state index in [-0.39, 0.29) is 5.91 Å². The summed E-state index contributed by atoms with van der Waals surface area (Å²) < 4.78 is 5.33. The van der Waals surface area contributed by atoms with Gasteiger partial charge in [-0.05, 0) is 25.8 Å². The maximum absolute atomic E-state index is 12.1. The molecule has 0 unspecified atom stereocenters. The SMILES string of the molecule is C[C@@H](CNC(=O)c1cc(C2CC2)[nH]n1)N1CCOCC1. The van der Waals surface area contributed by atoms with Gasteiger partial charge in [0.1, 0.15) is 5.69 Å². The fraction of sp³-hybridized carbons (Fsp3) is 0.714. The average molecular weight is 278 g/mol. The summed E-state index contributed by atoms with van der Waals surface area (Å²) in [6.07, 6.45) is 2.41. The maximum Gasteiger partial charge on any atom is 0.271 e. The highest BCUT2D eigenvalue weighted by Gasteiger charge is 2.26. The number of morpholine rings is 1. The van der Waals surface area contributed by atoms with E-state index >= 15 is 0 Å². The lowest BCUT2D eigenvalue weighted by Gasteiger charge is -2.32. The van der Waals surface area contributed by atoms with E-state index in [9.17, 15) is 4.79 Å². The lowest BCUT2D eigenvalue weighted by molar-refractivity contribution is 0.0204. The van der Waals surface area contributed by atoms with Gasteiger partial charge in [0.15, 0.2) is 0 Å². The highest BCUT2D eigenvalue weighted by atomic mass is 16.5. The molecule has 1 amide bonds. The Morgan fingerprint density at radius 1 is 1.55 bits per heavy atom. The van der Waals surface area contributed by atoms with Gasteiger partial charge in [0.05, 0.1) is 13.2 Å². The zero-order valence-corrected chi connectivity index (χ0v) is 11.9. The predicted octanol–water partition coefficient (Wildman–Crippen LogP) is 0.738. The molecule has 2 fully saturated rings. The van der Waals surface area contributed by atoms with Crippen molar-refractivity contribution in [1.29, 1.82) is 0 Å². The number of nitrogens with one attached hydrogen (secondary N) is 2. The Labute approximate surface area is 118 Å². The minimum atomic E-state index is -0.0896. The van der Waals surface area contributed by atoms with Crippen LogP contribution in [0.5, 0.6) is 0 Å².